The van der Waals surface area contributed by atoms with Gasteiger partial charge in [-0.2, -0.15) is 0 Å². The molecule has 1 aromatic carbocycles. The molecule has 4 rings (SSSR count). The molecule has 0 bridgehead atoms. The van der Waals surface area contributed by atoms with Crippen molar-refractivity contribution >= 4 is 23.6 Å². The Labute approximate surface area is 169 Å². The monoisotopic (exact) mass is 398 g/mol. The normalized spacial score (nSPS) is 23.5. The highest BCUT2D eigenvalue weighted by Gasteiger charge is 2.45. The maximum absolute atomic E-state index is 13.1. The molecule has 0 aromatic heterocycles. The van der Waals surface area contributed by atoms with Crippen molar-refractivity contribution in [1.82, 2.24) is 15.1 Å². The molecule has 3 aliphatic rings. The second-order valence-corrected chi connectivity index (χ2v) is 8.07. The van der Waals surface area contributed by atoms with Gasteiger partial charge >= 0.3 is 0 Å². The summed E-state index contributed by atoms with van der Waals surface area (Å²) in [4.78, 5) is 52.9. The van der Waals surface area contributed by atoms with Crippen molar-refractivity contribution < 1.29 is 19.2 Å². The Bertz CT molecular complexity index is 860. The van der Waals surface area contributed by atoms with Crippen molar-refractivity contribution in [2.75, 3.05) is 19.6 Å². The van der Waals surface area contributed by atoms with Crippen LogP contribution in [0.1, 0.15) is 58.4 Å². The van der Waals surface area contributed by atoms with Crippen molar-refractivity contribution in [2.24, 2.45) is 5.73 Å². The maximum Gasteiger partial charge on any atom is 0.262 e. The first kappa shape index (κ1) is 19.7. The van der Waals surface area contributed by atoms with Gasteiger partial charge in [0.1, 0.15) is 6.04 Å². The van der Waals surface area contributed by atoms with E-state index in [0.717, 1.165) is 49.4 Å². The highest BCUT2D eigenvalue weighted by atomic mass is 16.2. The van der Waals surface area contributed by atoms with Crippen molar-refractivity contribution in [2.45, 2.75) is 50.6 Å². The minimum Gasteiger partial charge on any atom is -0.328 e. The van der Waals surface area contributed by atoms with Gasteiger partial charge < -0.3 is 10.6 Å². The molecular formula is C21H26N4O4. The van der Waals surface area contributed by atoms with Crippen LogP contribution in [0.15, 0.2) is 18.2 Å². The molecule has 0 radical (unpaired) electrons. The molecule has 3 aliphatic heterocycles. The minimum atomic E-state index is -0.925. The molecule has 0 aliphatic carbocycles. The van der Waals surface area contributed by atoms with Gasteiger partial charge in [0.2, 0.25) is 11.8 Å². The van der Waals surface area contributed by atoms with Gasteiger partial charge in [-0.3, -0.25) is 29.4 Å². The predicted molar refractivity (Wildman–Crippen MR) is 105 cm³/mol. The Morgan fingerprint density at radius 1 is 1.03 bits per heavy atom. The molecular weight excluding hydrogens is 372 g/mol. The number of amides is 4. The topological polar surface area (TPSA) is 113 Å². The SMILES string of the molecule is NC1CCN(CCCc2cccc3c2C(=O)N(C2CCC(=O)NC2=O)C3=O)CC1. The van der Waals surface area contributed by atoms with Crippen molar-refractivity contribution in [3.05, 3.63) is 34.9 Å². The first-order chi connectivity index (χ1) is 14.0. The van der Waals surface area contributed by atoms with Crippen LogP contribution in [0, 0.1) is 0 Å². The van der Waals surface area contributed by atoms with E-state index in [4.69, 9.17) is 5.73 Å². The molecule has 2 saturated heterocycles. The van der Waals surface area contributed by atoms with Crippen LogP contribution in [0.2, 0.25) is 0 Å². The number of benzene rings is 1. The van der Waals surface area contributed by atoms with E-state index in [-0.39, 0.29) is 18.7 Å². The summed E-state index contributed by atoms with van der Waals surface area (Å²) in [6, 6.07) is 4.67. The molecule has 0 saturated carbocycles. The van der Waals surface area contributed by atoms with Crippen LogP contribution in [0.25, 0.3) is 0 Å². The second kappa shape index (κ2) is 8.04. The van der Waals surface area contributed by atoms with Crippen LogP contribution in [0.3, 0.4) is 0 Å². The van der Waals surface area contributed by atoms with Crippen molar-refractivity contribution in [3.63, 3.8) is 0 Å². The van der Waals surface area contributed by atoms with E-state index in [1.54, 1.807) is 12.1 Å². The standard InChI is InChI=1S/C21H26N4O4/c22-14-8-11-24(12-9-14)10-2-4-13-3-1-5-15-18(13)21(29)25(20(15)28)16-6-7-17(26)23-19(16)27/h1,3,5,14,16H,2,4,6-12,22H2,(H,23,26,27). The number of fused-ring (bicyclic) bond motifs is 1. The smallest absolute Gasteiger partial charge is 0.262 e. The summed E-state index contributed by atoms with van der Waals surface area (Å²) < 4.78 is 0. The summed E-state index contributed by atoms with van der Waals surface area (Å²) >= 11 is 0. The highest BCUT2D eigenvalue weighted by molar-refractivity contribution is 6.24. The van der Waals surface area contributed by atoms with E-state index < -0.39 is 23.8 Å². The average Bonchev–Trinajstić information content (AvgIpc) is 2.95. The number of piperidine rings is 2. The molecule has 8 nitrogen and oxygen atoms in total. The van der Waals surface area contributed by atoms with Gasteiger partial charge in [0.15, 0.2) is 0 Å². The summed E-state index contributed by atoms with van der Waals surface area (Å²) in [5.41, 5.74) is 7.54. The molecule has 1 atom stereocenters. The third-order valence-electron chi connectivity index (χ3n) is 6.11. The first-order valence-electron chi connectivity index (χ1n) is 10.3. The Kier molecular flexibility index (Phi) is 5.47. The summed E-state index contributed by atoms with van der Waals surface area (Å²) in [5, 5.41) is 2.22. The average molecular weight is 398 g/mol. The van der Waals surface area contributed by atoms with E-state index in [1.165, 1.54) is 0 Å². The molecule has 8 heteroatoms. The van der Waals surface area contributed by atoms with E-state index in [0.29, 0.717) is 23.6 Å². The van der Waals surface area contributed by atoms with E-state index >= 15 is 0 Å². The van der Waals surface area contributed by atoms with Crippen molar-refractivity contribution in [1.29, 1.82) is 0 Å². The quantitative estimate of drug-likeness (QED) is 0.696. The van der Waals surface area contributed by atoms with E-state index in [1.807, 2.05) is 6.07 Å². The van der Waals surface area contributed by atoms with Gasteiger partial charge in [0, 0.05) is 12.5 Å². The van der Waals surface area contributed by atoms with Crippen LogP contribution in [-0.4, -0.2) is 65.1 Å². The highest BCUT2D eigenvalue weighted by Crippen LogP contribution is 2.30. The number of carbonyl (C=O) groups excluding carboxylic acids is 4. The molecule has 1 unspecified atom stereocenters. The van der Waals surface area contributed by atoms with Gasteiger partial charge in [0.05, 0.1) is 11.1 Å². The van der Waals surface area contributed by atoms with E-state index in [2.05, 4.69) is 10.2 Å². The number of likely N-dealkylation sites (tertiary alicyclic amines) is 1. The zero-order valence-electron chi connectivity index (χ0n) is 16.4. The zero-order valence-corrected chi connectivity index (χ0v) is 16.4. The fourth-order valence-electron chi connectivity index (χ4n) is 4.46. The Morgan fingerprint density at radius 3 is 2.52 bits per heavy atom. The van der Waals surface area contributed by atoms with E-state index in [9.17, 15) is 19.2 Å². The van der Waals surface area contributed by atoms with Crippen LogP contribution in [0.4, 0.5) is 0 Å². The molecule has 29 heavy (non-hydrogen) atoms. The zero-order chi connectivity index (χ0) is 20.5. The van der Waals surface area contributed by atoms with Crippen molar-refractivity contribution in [3.8, 4) is 0 Å². The lowest BCUT2D eigenvalue weighted by atomic mass is 9.98. The van der Waals surface area contributed by atoms with Crippen LogP contribution >= 0.6 is 0 Å². The third kappa shape index (κ3) is 3.82. The van der Waals surface area contributed by atoms with Gasteiger partial charge in [-0.1, -0.05) is 12.1 Å². The number of nitrogens with two attached hydrogens (primary N) is 1. The summed E-state index contributed by atoms with van der Waals surface area (Å²) in [6.45, 7) is 2.92. The third-order valence-corrected chi connectivity index (χ3v) is 6.11. The van der Waals surface area contributed by atoms with Crippen LogP contribution in [-0.2, 0) is 16.0 Å². The fraction of sp³-hybridized carbons (Fsp3) is 0.524. The minimum absolute atomic E-state index is 0.121. The first-order valence-corrected chi connectivity index (χ1v) is 10.3. The second-order valence-electron chi connectivity index (χ2n) is 8.07. The molecule has 4 amide bonds. The largest absolute Gasteiger partial charge is 0.328 e. The number of hydrogen-bond acceptors (Lipinski definition) is 6. The number of hydrogen-bond donors (Lipinski definition) is 2. The molecule has 3 N–H and O–H groups in total. The lowest BCUT2D eigenvalue weighted by molar-refractivity contribution is -0.136. The predicted octanol–water partition coefficient (Wildman–Crippen LogP) is 0.443. The molecule has 154 valence electrons. The Balaban J connectivity index is 1.46. The molecule has 0 spiro atoms. The number of nitrogens with zero attached hydrogens (tertiary/aromatic N) is 2. The number of imide groups is 2. The van der Waals surface area contributed by atoms with Gasteiger partial charge in [0.25, 0.3) is 11.8 Å². The van der Waals surface area contributed by atoms with Crippen LogP contribution < -0.4 is 11.1 Å². The summed E-state index contributed by atoms with van der Waals surface area (Å²) in [7, 11) is 0. The summed E-state index contributed by atoms with van der Waals surface area (Å²) in [5.74, 6) is -1.84. The lowest BCUT2D eigenvalue weighted by Gasteiger charge is -2.30. The number of carbonyl (C=O) groups is 4. The maximum atomic E-state index is 13.1. The Morgan fingerprint density at radius 2 is 1.79 bits per heavy atom. The Hall–Kier alpha value is -2.58. The number of nitrogens with one attached hydrogen (secondary N) is 1. The van der Waals surface area contributed by atoms with Gasteiger partial charge in [-0.05, 0) is 63.4 Å². The summed E-state index contributed by atoms with van der Waals surface area (Å²) in [6.07, 6.45) is 3.88. The molecule has 1 aromatic rings. The number of rotatable bonds is 5. The fourth-order valence-corrected chi connectivity index (χ4v) is 4.46. The van der Waals surface area contributed by atoms with Gasteiger partial charge in [-0.25, -0.2) is 0 Å². The number of aryl methyl sites for hydroxylation is 1. The molecule has 3 heterocycles. The van der Waals surface area contributed by atoms with Crippen LogP contribution in [0.5, 0.6) is 0 Å². The lowest BCUT2D eigenvalue weighted by Crippen LogP contribution is -2.54. The molecule has 2 fully saturated rings. The van der Waals surface area contributed by atoms with Gasteiger partial charge in [-0.15, -0.1) is 0 Å².